The van der Waals surface area contributed by atoms with Crippen molar-refractivity contribution in [2.45, 2.75) is 19.4 Å². The number of piperidine rings is 1. The Hall–Kier alpha value is -0.600. The van der Waals surface area contributed by atoms with Crippen molar-refractivity contribution in [2.24, 2.45) is 11.8 Å². The van der Waals surface area contributed by atoms with Crippen molar-refractivity contribution >= 4 is 0 Å². The Balaban J connectivity index is 2.24. The number of fused-ring (bicyclic) bond motifs is 2. The molecule has 1 aliphatic carbocycles. The van der Waals surface area contributed by atoms with Gasteiger partial charge in [-0.1, -0.05) is 25.2 Å². The van der Waals surface area contributed by atoms with Crippen LogP contribution in [-0.2, 0) is 0 Å². The maximum Gasteiger partial charge on any atom is 0.0492 e. The summed E-state index contributed by atoms with van der Waals surface area (Å²) in [4.78, 5) is 4.81. The molecular formula is C14H24N2. The van der Waals surface area contributed by atoms with Crippen LogP contribution in [0.3, 0.4) is 0 Å². The van der Waals surface area contributed by atoms with E-state index in [1.165, 1.54) is 13.1 Å². The van der Waals surface area contributed by atoms with Crippen molar-refractivity contribution in [1.29, 1.82) is 0 Å². The predicted molar refractivity (Wildman–Crippen MR) is 69.5 cm³/mol. The molecule has 2 nitrogen and oxygen atoms in total. The maximum atomic E-state index is 2.48. The van der Waals surface area contributed by atoms with E-state index in [0.717, 1.165) is 18.3 Å². The minimum Gasteiger partial charge on any atom is -0.309 e. The van der Waals surface area contributed by atoms with E-state index in [0.29, 0.717) is 6.04 Å². The molecule has 0 aromatic heterocycles. The number of likely N-dealkylation sites (N-methyl/N-ethyl adjacent to an activating group) is 1. The number of nitrogens with zero attached hydrogens (tertiary/aromatic N) is 2. The van der Waals surface area contributed by atoms with Crippen molar-refractivity contribution in [3.05, 3.63) is 23.8 Å². The monoisotopic (exact) mass is 220 g/mol. The fourth-order valence-corrected chi connectivity index (χ4v) is 3.14. The predicted octanol–water partition coefficient (Wildman–Crippen LogP) is 2.00. The van der Waals surface area contributed by atoms with Gasteiger partial charge in [-0.25, -0.2) is 0 Å². The summed E-state index contributed by atoms with van der Waals surface area (Å²) in [6.45, 7) is 4.65. The second kappa shape index (κ2) is 4.72. The highest BCUT2D eigenvalue weighted by molar-refractivity contribution is 5.31. The molecule has 1 saturated heterocycles. The zero-order valence-electron chi connectivity index (χ0n) is 11.0. The van der Waals surface area contributed by atoms with Gasteiger partial charge in [0.15, 0.2) is 0 Å². The molecule has 3 rings (SSSR count). The molecule has 1 fully saturated rings. The zero-order chi connectivity index (χ0) is 11.7. The zero-order valence-corrected chi connectivity index (χ0v) is 11.0. The number of hydrogen-bond acceptors (Lipinski definition) is 2. The van der Waals surface area contributed by atoms with Gasteiger partial charge in [-0.2, -0.15) is 0 Å². The lowest BCUT2D eigenvalue weighted by Crippen LogP contribution is -2.51. The van der Waals surface area contributed by atoms with E-state index in [1.54, 1.807) is 5.57 Å². The van der Waals surface area contributed by atoms with Crippen LogP contribution >= 0.6 is 0 Å². The first-order valence-corrected chi connectivity index (χ1v) is 6.36. The van der Waals surface area contributed by atoms with Crippen LogP contribution in [0.5, 0.6) is 0 Å². The molecule has 0 aromatic rings. The van der Waals surface area contributed by atoms with E-state index in [2.05, 4.69) is 56.1 Å². The van der Waals surface area contributed by atoms with Crippen molar-refractivity contribution in [3.63, 3.8) is 0 Å². The summed E-state index contributed by atoms with van der Waals surface area (Å²) in [7, 11) is 6.61. The molecule has 0 radical (unpaired) electrons. The topological polar surface area (TPSA) is 6.48 Å². The molecule has 0 unspecified atom stereocenters. The van der Waals surface area contributed by atoms with Crippen molar-refractivity contribution < 1.29 is 0 Å². The number of rotatable bonds is 3. The highest BCUT2D eigenvalue weighted by Crippen LogP contribution is 2.38. The SMILES string of the molecule is CC/C=C1/[C@@H](CN(C)C)[C@H]2C=C[C@@H]1N(C)C2. The highest BCUT2D eigenvalue weighted by Gasteiger charge is 2.38. The molecule has 3 atom stereocenters. The first kappa shape index (κ1) is 11.9. The van der Waals surface area contributed by atoms with Gasteiger partial charge < -0.3 is 4.90 Å². The van der Waals surface area contributed by atoms with Gasteiger partial charge in [-0.05, 0) is 39.1 Å². The van der Waals surface area contributed by atoms with Crippen LogP contribution < -0.4 is 0 Å². The van der Waals surface area contributed by atoms with Crippen LogP contribution in [0.4, 0.5) is 0 Å². The molecule has 2 aliphatic heterocycles. The van der Waals surface area contributed by atoms with Crippen molar-refractivity contribution in [2.75, 3.05) is 34.2 Å². The van der Waals surface area contributed by atoms with E-state index >= 15 is 0 Å². The van der Waals surface area contributed by atoms with Crippen molar-refractivity contribution in [1.82, 2.24) is 9.80 Å². The second-order valence-electron chi connectivity index (χ2n) is 5.41. The Morgan fingerprint density at radius 2 is 2.19 bits per heavy atom. The Morgan fingerprint density at radius 3 is 2.75 bits per heavy atom. The van der Waals surface area contributed by atoms with Gasteiger partial charge in [-0.3, -0.25) is 4.90 Å². The molecule has 90 valence electrons. The van der Waals surface area contributed by atoms with Crippen molar-refractivity contribution in [3.8, 4) is 0 Å². The number of allylic oxidation sites excluding steroid dienone is 1. The Morgan fingerprint density at radius 1 is 1.44 bits per heavy atom. The van der Waals surface area contributed by atoms with Gasteiger partial charge in [0.05, 0.1) is 0 Å². The van der Waals surface area contributed by atoms with E-state index in [9.17, 15) is 0 Å². The van der Waals surface area contributed by atoms with Crippen LogP contribution in [-0.4, -0.2) is 50.1 Å². The third-order valence-corrected chi connectivity index (χ3v) is 3.80. The molecule has 0 spiro atoms. The lowest BCUT2D eigenvalue weighted by atomic mass is 9.72. The average molecular weight is 220 g/mol. The Labute approximate surface area is 99.6 Å². The maximum absolute atomic E-state index is 2.48. The molecular weight excluding hydrogens is 196 g/mol. The lowest BCUT2D eigenvalue weighted by molar-refractivity contribution is 0.152. The van der Waals surface area contributed by atoms with E-state index in [1.807, 2.05) is 0 Å². The molecule has 0 N–H and O–H groups in total. The van der Waals surface area contributed by atoms with Gasteiger partial charge >= 0.3 is 0 Å². The van der Waals surface area contributed by atoms with Crippen LogP contribution in [0.25, 0.3) is 0 Å². The molecule has 3 aliphatic rings. The smallest absolute Gasteiger partial charge is 0.0492 e. The van der Waals surface area contributed by atoms with Crippen LogP contribution in [0.2, 0.25) is 0 Å². The fourth-order valence-electron chi connectivity index (χ4n) is 3.14. The van der Waals surface area contributed by atoms with Gasteiger partial charge in [0, 0.05) is 25.0 Å². The summed E-state index contributed by atoms with van der Waals surface area (Å²) in [5.41, 5.74) is 1.65. The third kappa shape index (κ3) is 2.09. The van der Waals surface area contributed by atoms with Gasteiger partial charge in [-0.15, -0.1) is 0 Å². The molecule has 2 heteroatoms. The molecule has 0 aromatic carbocycles. The van der Waals surface area contributed by atoms with Crippen LogP contribution in [0, 0.1) is 11.8 Å². The molecule has 0 amide bonds. The third-order valence-electron chi connectivity index (χ3n) is 3.80. The van der Waals surface area contributed by atoms with E-state index < -0.39 is 0 Å². The molecule has 2 bridgehead atoms. The standard InChI is InChI=1S/C14H24N2/c1-5-6-12-13(10-15(2)3)11-7-8-14(12)16(4)9-11/h6-8,11,13-14H,5,9-10H2,1-4H3/b12-6-/t11-,13-,14-/m0/s1. The Kier molecular flexibility index (Phi) is 3.50. The molecule has 0 saturated carbocycles. The normalized spacial score (nSPS) is 36.6. The summed E-state index contributed by atoms with van der Waals surface area (Å²) in [5, 5.41) is 0. The minimum absolute atomic E-state index is 0.565. The van der Waals surface area contributed by atoms with Crippen LogP contribution in [0.15, 0.2) is 23.8 Å². The lowest BCUT2D eigenvalue weighted by Gasteiger charge is -2.47. The summed E-state index contributed by atoms with van der Waals surface area (Å²) < 4.78 is 0. The number of hydrogen-bond donors (Lipinski definition) is 0. The largest absolute Gasteiger partial charge is 0.309 e. The quantitative estimate of drug-likeness (QED) is 0.671. The highest BCUT2D eigenvalue weighted by atomic mass is 15.2. The summed E-state index contributed by atoms with van der Waals surface area (Å²) in [6.07, 6.45) is 8.43. The van der Waals surface area contributed by atoms with Gasteiger partial charge in [0.1, 0.15) is 0 Å². The first-order chi connectivity index (χ1) is 7.63. The average Bonchev–Trinajstić information content (AvgIpc) is 2.22. The van der Waals surface area contributed by atoms with Gasteiger partial charge in [0.2, 0.25) is 0 Å². The summed E-state index contributed by atoms with van der Waals surface area (Å²) in [5.74, 6) is 1.45. The van der Waals surface area contributed by atoms with E-state index in [4.69, 9.17) is 0 Å². The fraction of sp³-hybridized carbons (Fsp3) is 0.714. The molecule has 16 heavy (non-hydrogen) atoms. The molecule has 2 heterocycles. The first-order valence-electron chi connectivity index (χ1n) is 6.36. The van der Waals surface area contributed by atoms with Crippen LogP contribution in [0.1, 0.15) is 13.3 Å². The summed E-state index contributed by atoms with van der Waals surface area (Å²) in [6, 6.07) is 0.565. The van der Waals surface area contributed by atoms with E-state index in [-0.39, 0.29) is 0 Å². The Bertz CT molecular complexity index is 304. The van der Waals surface area contributed by atoms with Gasteiger partial charge in [0.25, 0.3) is 0 Å². The second-order valence-corrected chi connectivity index (χ2v) is 5.41. The summed E-state index contributed by atoms with van der Waals surface area (Å²) >= 11 is 0. The minimum atomic E-state index is 0.565.